The van der Waals surface area contributed by atoms with Crippen molar-refractivity contribution < 1.29 is 37.0 Å². The number of benzene rings is 4. The van der Waals surface area contributed by atoms with Crippen LogP contribution in [0, 0.1) is 5.82 Å². The van der Waals surface area contributed by atoms with Crippen LogP contribution in [0.1, 0.15) is 58.8 Å². The van der Waals surface area contributed by atoms with E-state index in [0.717, 1.165) is 42.9 Å². The number of hydrogen-bond donors (Lipinski definition) is 1. The summed E-state index contributed by atoms with van der Waals surface area (Å²) in [4.78, 5) is 48.1. The van der Waals surface area contributed by atoms with Crippen molar-refractivity contribution in [2.24, 2.45) is 0 Å². The fraction of sp³-hybridized carbons (Fsp3) is 0.289. The van der Waals surface area contributed by atoms with Crippen LogP contribution in [0.4, 0.5) is 4.39 Å². The minimum atomic E-state index is -0.921. The van der Waals surface area contributed by atoms with E-state index < -0.39 is 29.1 Å². The van der Waals surface area contributed by atoms with Crippen molar-refractivity contribution in [1.29, 1.82) is 0 Å². The monoisotopic (exact) mass is 795 g/mol. The summed E-state index contributed by atoms with van der Waals surface area (Å²) in [6, 6.07) is 27.3. The van der Waals surface area contributed by atoms with Gasteiger partial charge in [-0.05, 0) is 49.4 Å². The molecule has 7 rings (SSSR count). The Morgan fingerprint density at radius 3 is 2.05 bits per heavy atom. The summed E-state index contributed by atoms with van der Waals surface area (Å²) in [7, 11) is 0. The van der Waals surface area contributed by atoms with E-state index in [1.54, 1.807) is 43.3 Å². The van der Waals surface area contributed by atoms with E-state index >= 15 is 0 Å². The molecular formula is C45H43ClFNO9. The molecule has 1 saturated carbocycles. The van der Waals surface area contributed by atoms with E-state index in [1.165, 1.54) is 44.4 Å². The van der Waals surface area contributed by atoms with Crippen LogP contribution < -0.4 is 26.0 Å². The molecule has 2 aromatic heterocycles. The molecule has 1 aliphatic rings. The van der Waals surface area contributed by atoms with Crippen LogP contribution in [0.15, 0.2) is 115 Å². The smallest absolute Gasteiger partial charge is 0.347 e. The maximum Gasteiger partial charge on any atom is 0.347 e. The van der Waals surface area contributed by atoms with Crippen molar-refractivity contribution in [2.75, 3.05) is 13.2 Å². The number of amides is 1. The lowest BCUT2D eigenvalue weighted by molar-refractivity contribution is -0.150. The molecule has 2 heterocycles. The zero-order valence-electron chi connectivity index (χ0n) is 31.7. The van der Waals surface area contributed by atoms with Crippen LogP contribution in [0.25, 0.3) is 44.2 Å². The van der Waals surface area contributed by atoms with Crippen LogP contribution >= 0.6 is 11.6 Å². The SMILES string of the molecule is CCOC(=O)C(C)Oc1cc(F)c2c(-c3ccccc3)cc(=O)oc2c1.O=C(COc1cc2oc(=O)cc(-c3ccccc3)c2cc1Cl)NC1CCCCCCC1. The van der Waals surface area contributed by atoms with Crippen LogP contribution in [-0.2, 0) is 14.3 Å². The first-order chi connectivity index (χ1) is 27.6. The molecule has 0 bridgehead atoms. The lowest BCUT2D eigenvalue weighted by Gasteiger charge is -2.21. The number of carbonyl (C=O) groups is 2. The highest BCUT2D eigenvalue weighted by molar-refractivity contribution is 6.33. The summed E-state index contributed by atoms with van der Waals surface area (Å²) in [6.07, 6.45) is 7.13. The van der Waals surface area contributed by atoms with Gasteiger partial charge in [0.2, 0.25) is 0 Å². The van der Waals surface area contributed by atoms with Crippen molar-refractivity contribution in [1.82, 2.24) is 5.32 Å². The number of hydrogen-bond acceptors (Lipinski definition) is 9. The van der Waals surface area contributed by atoms with Crippen molar-refractivity contribution >= 4 is 45.4 Å². The fourth-order valence-corrected chi connectivity index (χ4v) is 7.01. The second kappa shape index (κ2) is 19.3. The van der Waals surface area contributed by atoms with E-state index in [0.29, 0.717) is 32.9 Å². The van der Waals surface area contributed by atoms with Gasteiger partial charge >= 0.3 is 17.2 Å². The molecule has 1 N–H and O–H groups in total. The highest BCUT2D eigenvalue weighted by Crippen LogP contribution is 2.35. The largest absolute Gasteiger partial charge is 0.482 e. The first kappa shape index (κ1) is 40.7. The number of fused-ring (bicyclic) bond motifs is 2. The van der Waals surface area contributed by atoms with Gasteiger partial charge in [0.1, 0.15) is 28.5 Å². The van der Waals surface area contributed by atoms with Gasteiger partial charge in [-0.2, -0.15) is 0 Å². The summed E-state index contributed by atoms with van der Waals surface area (Å²) in [6.45, 7) is 3.26. The molecule has 4 aromatic carbocycles. The molecule has 0 radical (unpaired) electrons. The van der Waals surface area contributed by atoms with Gasteiger partial charge in [0, 0.05) is 47.3 Å². The molecule has 0 spiro atoms. The zero-order chi connectivity index (χ0) is 40.3. The summed E-state index contributed by atoms with van der Waals surface area (Å²) < 4.78 is 41.3. The number of halogens is 2. The number of ether oxygens (including phenoxy) is 3. The summed E-state index contributed by atoms with van der Waals surface area (Å²) in [5, 5.41) is 4.31. The predicted octanol–water partition coefficient (Wildman–Crippen LogP) is 9.65. The molecule has 0 saturated heterocycles. The second-order valence-corrected chi connectivity index (χ2v) is 14.1. The van der Waals surface area contributed by atoms with E-state index in [-0.39, 0.29) is 41.9 Å². The van der Waals surface area contributed by atoms with Gasteiger partial charge in [0.05, 0.1) is 17.0 Å². The van der Waals surface area contributed by atoms with Crippen molar-refractivity contribution in [3.05, 3.63) is 129 Å². The Labute approximate surface area is 333 Å². The molecule has 12 heteroatoms. The molecule has 1 amide bonds. The number of rotatable bonds is 10. The number of carbonyl (C=O) groups excluding carboxylic acids is 2. The van der Waals surface area contributed by atoms with Gasteiger partial charge in [-0.1, -0.05) is 104 Å². The molecule has 6 aromatic rings. The summed E-state index contributed by atoms with van der Waals surface area (Å²) >= 11 is 6.44. The standard InChI is InChI=1S/C25H26ClNO4.C20H17FO5/c26-21-13-20-19(17-9-5-4-6-10-17)14-25(29)31-22(20)15-23(21)30-16-24(28)27-18-11-7-2-1-3-8-12-18;1-3-24-20(23)12(2)25-14-9-16(21)19-15(13-7-5-4-6-8-13)11-18(22)26-17(19)10-14/h4-6,9-10,13-15,18H,1-3,7-8,11-12,16H2,(H,27,28);4-12H,3H2,1-2H3. The van der Waals surface area contributed by atoms with E-state index in [9.17, 15) is 23.6 Å². The predicted molar refractivity (Wildman–Crippen MR) is 217 cm³/mol. The first-order valence-electron chi connectivity index (χ1n) is 19.0. The average molecular weight is 796 g/mol. The Morgan fingerprint density at radius 2 is 1.40 bits per heavy atom. The quantitative estimate of drug-likeness (QED) is 0.106. The minimum Gasteiger partial charge on any atom is -0.482 e. The second-order valence-electron chi connectivity index (χ2n) is 13.7. The van der Waals surface area contributed by atoms with Crippen LogP contribution in [0.2, 0.25) is 5.02 Å². The number of nitrogens with one attached hydrogen (secondary N) is 1. The Balaban J connectivity index is 0.000000196. The Morgan fingerprint density at radius 1 is 0.807 bits per heavy atom. The van der Waals surface area contributed by atoms with Crippen molar-refractivity contribution in [3.8, 4) is 33.8 Å². The van der Waals surface area contributed by atoms with Crippen LogP contribution in [0.5, 0.6) is 11.5 Å². The van der Waals surface area contributed by atoms with Gasteiger partial charge in [0.15, 0.2) is 12.7 Å². The third-order valence-corrected chi connectivity index (χ3v) is 9.79. The Hall–Kier alpha value is -5.94. The van der Waals surface area contributed by atoms with Crippen molar-refractivity contribution in [2.45, 2.75) is 70.9 Å². The van der Waals surface area contributed by atoms with Gasteiger partial charge in [-0.3, -0.25) is 4.79 Å². The third-order valence-electron chi connectivity index (χ3n) is 9.50. The Bertz CT molecular complexity index is 2440. The topological polar surface area (TPSA) is 134 Å². The van der Waals surface area contributed by atoms with Crippen molar-refractivity contribution in [3.63, 3.8) is 0 Å². The van der Waals surface area contributed by atoms with E-state index in [1.807, 2.05) is 36.4 Å². The highest BCUT2D eigenvalue weighted by Gasteiger charge is 2.20. The molecular weight excluding hydrogens is 753 g/mol. The maximum atomic E-state index is 14.8. The van der Waals surface area contributed by atoms with E-state index in [4.69, 9.17) is 34.6 Å². The maximum absolute atomic E-state index is 14.8. The minimum absolute atomic E-state index is 0.0439. The lowest BCUT2D eigenvalue weighted by Crippen LogP contribution is -2.38. The molecule has 57 heavy (non-hydrogen) atoms. The third kappa shape index (κ3) is 10.7. The normalized spacial score (nSPS) is 13.8. The molecule has 1 atom stereocenters. The Kier molecular flexibility index (Phi) is 13.8. The molecule has 10 nitrogen and oxygen atoms in total. The average Bonchev–Trinajstić information content (AvgIpc) is 3.18. The molecule has 1 unspecified atom stereocenters. The summed E-state index contributed by atoms with van der Waals surface area (Å²) in [5.74, 6) is -0.954. The molecule has 296 valence electrons. The summed E-state index contributed by atoms with van der Waals surface area (Å²) in [5.41, 5.74) is 2.10. The highest BCUT2D eigenvalue weighted by atomic mass is 35.5. The van der Waals surface area contributed by atoms with Gasteiger partial charge in [0.25, 0.3) is 5.91 Å². The molecule has 1 fully saturated rings. The fourth-order valence-electron chi connectivity index (χ4n) is 6.80. The van der Waals surface area contributed by atoms with Crippen LogP contribution in [0.3, 0.4) is 0 Å². The van der Waals surface area contributed by atoms with E-state index in [2.05, 4.69) is 5.32 Å². The van der Waals surface area contributed by atoms with Gasteiger partial charge in [-0.25, -0.2) is 18.8 Å². The molecule has 1 aliphatic carbocycles. The van der Waals surface area contributed by atoms with Gasteiger partial charge < -0.3 is 28.4 Å². The first-order valence-corrected chi connectivity index (χ1v) is 19.4. The molecule has 0 aliphatic heterocycles. The number of esters is 1. The van der Waals surface area contributed by atoms with Crippen LogP contribution in [-0.4, -0.2) is 37.2 Å². The van der Waals surface area contributed by atoms with Gasteiger partial charge in [-0.15, -0.1) is 0 Å². The zero-order valence-corrected chi connectivity index (χ0v) is 32.4. The lowest BCUT2D eigenvalue weighted by atomic mass is 9.97.